The van der Waals surface area contributed by atoms with Gasteiger partial charge in [-0.3, -0.25) is 4.99 Å². The van der Waals surface area contributed by atoms with Crippen LogP contribution in [0.1, 0.15) is 31.4 Å². The quantitative estimate of drug-likeness (QED) is 0.275. The number of guanidine groups is 1. The Labute approximate surface area is 137 Å². The predicted molar refractivity (Wildman–Crippen MR) is 93.8 cm³/mol. The summed E-state index contributed by atoms with van der Waals surface area (Å²) >= 11 is 0. The molecule has 110 valence electrons. The number of allylic oxidation sites excluding steroid dienone is 1. The van der Waals surface area contributed by atoms with Gasteiger partial charge in [0.1, 0.15) is 5.75 Å². The van der Waals surface area contributed by atoms with Gasteiger partial charge in [0.05, 0.1) is 12.6 Å². The predicted octanol–water partition coefficient (Wildman–Crippen LogP) is 3.00. The molecule has 0 spiro atoms. The van der Waals surface area contributed by atoms with Gasteiger partial charge in [-0.05, 0) is 19.4 Å². The highest BCUT2D eigenvalue weighted by atomic mass is 127. The van der Waals surface area contributed by atoms with Crippen LogP contribution in [0.15, 0.2) is 41.4 Å². The topological polar surface area (TPSA) is 59.6 Å². The molecule has 20 heavy (non-hydrogen) atoms. The van der Waals surface area contributed by atoms with Crippen molar-refractivity contribution >= 4 is 29.9 Å². The van der Waals surface area contributed by atoms with Crippen molar-refractivity contribution < 1.29 is 4.74 Å². The van der Waals surface area contributed by atoms with Crippen molar-refractivity contribution in [1.29, 1.82) is 0 Å². The third kappa shape index (κ3) is 4.70. The SMILES string of the molecule is CC=CCCN=C(N)NC1CCOc2ccccc21.I. The van der Waals surface area contributed by atoms with E-state index < -0.39 is 0 Å². The maximum absolute atomic E-state index is 5.92. The molecule has 0 bridgehead atoms. The van der Waals surface area contributed by atoms with Gasteiger partial charge < -0.3 is 15.8 Å². The summed E-state index contributed by atoms with van der Waals surface area (Å²) < 4.78 is 5.62. The molecule has 1 aliphatic heterocycles. The number of nitrogens with two attached hydrogens (primary N) is 1. The molecular weight excluding hydrogens is 365 g/mol. The maximum Gasteiger partial charge on any atom is 0.189 e. The number of nitrogens with one attached hydrogen (secondary N) is 1. The molecule has 1 aromatic carbocycles. The van der Waals surface area contributed by atoms with Crippen LogP contribution in [0.4, 0.5) is 0 Å². The third-order valence-electron chi connectivity index (χ3n) is 3.09. The molecule has 0 amide bonds. The Morgan fingerprint density at radius 3 is 3.10 bits per heavy atom. The minimum Gasteiger partial charge on any atom is -0.493 e. The van der Waals surface area contributed by atoms with E-state index in [1.165, 1.54) is 0 Å². The lowest BCUT2D eigenvalue weighted by molar-refractivity contribution is 0.262. The molecule has 1 unspecified atom stereocenters. The maximum atomic E-state index is 5.92. The fraction of sp³-hybridized carbons (Fsp3) is 0.400. The first-order valence-corrected chi connectivity index (χ1v) is 6.70. The van der Waals surface area contributed by atoms with Gasteiger partial charge in [-0.2, -0.15) is 0 Å². The highest BCUT2D eigenvalue weighted by molar-refractivity contribution is 14.0. The van der Waals surface area contributed by atoms with E-state index in [-0.39, 0.29) is 30.0 Å². The minimum absolute atomic E-state index is 0. The fourth-order valence-electron chi connectivity index (χ4n) is 2.14. The monoisotopic (exact) mass is 387 g/mol. The Hall–Kier alpha value is -1.24. The lowest BCUT2D eigenvalue weighted by Gasteiger charge is -2.26. The molecule has 1 aliphatic rings. The van der Waals surface area contributed by atoms with E-state index in [1.807, 2.05) is 31.2 Å². The van der Waals surface area contributed by atoms with Gasteiger partial charge in [-0.25, -0.2) is 0 Å². The number of rotatable bonds is 4. The molecule has 5 heteroatoms. The fourth-order valence-corrected chi connectivity index (χ4v) is 2.14. The number of nitrogens with zero attached hydrogens (tertiary/aromatic N) is 1. The van der Waals surface area contributed by atoms with Crippen molar-refractivity contribution in [2.75, 3.05) is 13.2 Å². The van der Waals surface area contributed by atoms with Crippen LogP contribution < -0.4 is 15.8 Å². The molecule has 1 aromatic rings. The zero-order valence-corrected chi connectivity index (χ0v) is 14.0. The molecule has 1 heterocycles. The molecule has 0 saturated carbocycles. The van der Waals surface area contributed by atoms with Crippen LogP contribution in [0.25, 0.3) is 0 Å². The number of benzene rings is 1. The summed E-state index contributed by atoms with van der Waals surface area (Å²) in [5.74, 6) is 1.44. The summed E-state index contributed by atoms with van der Waals surface area (Å²) in [4.78, 5) is 4.32. The molecule has 1 atom stereocenters. The average molecular weight is 387 g/mol. The van der Waals surface area contributed by atoms with Gasteiger partial charge in [0.2, 0.25) is 0 Å². The number of hydrogen-bond acceptors (Lipinski definition) is 2. The highest BCUT2D eigenvalue weighted by Crippen LogP contribution is 2.31. The average Bonchev–Trinajstić information content (AvgIpc) is 2.44. The Bertz CT molecular complexity index is 474. The van der Waals surface area contributed by atoms with E-state index in [0.29, 0.717) is 19.1 Å². The van der Waals surface area contributed by atoms with Crippen LogP contribution >= 0.6 is 24.0 Å². The Balaban J connectivity index is 0.00000200. The molecule has 0 aliphatic carbocycles. The Morgan fingerprint density at radius 1 is 1.50 bits per heavy atom. The second kappa shape index (κ2) is 8.84. The second-order valence-corrected chi connectivity index (χ2v) is 4.50. The lowest BCUT2D eigenvalue weighted by Crippen LogP contribution is -2.37. The van der Waals surface area contributed by atoms with Crippen LogP contribution in [0, 0.1) is 0 Å². The summed E-state index contributed by atoms with van der Waals surface area (Å²) in [6.07, 6.45) is 5.93. The number of hydrogen-bond donors (Lipinski definition) is 2. The zero-order chi connectivity index (χ0) is 13.5. The van der Waals surface area contributed by atoms with E-state index in [1.54, 1.807) is 0 Å². The number of fused-ring (bicyclic) bond motifs is 1. The van der Waals surface area contributed by atoms with E-state index in [9.17, 15) is 0 Å². The van der Waals surface area contributed by atoms with Crippen molar-refractivity contribution in [3.8, 4) is 5.75 Å². The van der Waals surface area contributed by atoms with Crippen LogP contribution in [0.2, 0.25) is 0 Å². The summed E-state index contributed by atoms with van der Waals surface area (Å²) in [6.45, 7) is 3.43. The van der Waals surface area contributed by atoms with Crippen LogP contribution in [-0.4, -0.2) is 19.1 Å². The molecule has 2 rings (SSSR count). The molecule has 4 nitrogen and oxygen atoms in total. The van der Waals surface area contributed by atoms with Crippen LogP contribution in [-0.2, 0) is 0 Å². The van der Waals surface area contributed by atoms with Gasteiger partial charge >= 0.3 is 0 Å². The van der Waals surface area contributed by atoms with Crippen molar-refractivity contribution in [2.24, 2.45) is 10.7 Å². The molecular formula is C15H22IN3O. The molecule has 0 saturated heterocycles. The number of aliphatic imine (C=N–C) groups is 1. The van der Waals surface area contributed by atoms with Gasteiger partial charge in [0, 0.05) is 18.5 Å². The summed E-state index contributed by atoms with van der Waals surface area (Å²) in [7, 11) is 0. The first kappa shape index (κ1) is 16.8. The summed E-state index contributed by atoms with van der Waals surface area (Å²) in [5, 5.41) is 3.28. The van der Waals surface area contributed by atoms with Gasteiger partial charge in [0.25, 0.3) is 0 Å². The Kier molecular flexibility index (Phi) is 7.43. The highest BCUT2D eigenvalue weighted by Gasteiger charge is 2.20. The summed E-state index contributed by atoms with van der Waals surface area (Å²) in [5.41, 5.74) is 7.07. The minimum atomic E-state index is 0. The van der Waals surface area contributed by atoms with Crippen LogP contribution in [0.5, 0.6) is 5.75 Å². The molecule has 0 fully saturated rings. The van der Waals surface area contributed by atoms with Gasteiger partial charge in [-0.1, -0.05) is 30.4 Å². The molecule has 0 radical (unpaired) electrons. The summed E-state index contributed by atoms with van der Waals surface area (Å²) in [6, 6.07) is 8.24. The van der Waals surface area contributed by atoms with Crippen molar-refractivity contribution in [3.05, 3.63) is 42.0 Å². The van der Waals surface area contributed by atoms with Crippen molar-refractivity contribution in [3.63, 3.8) is 0 Å². The molecule has 3 N–H and O–H groups in total. The van der Waals surface area contributed by atoms with E-state index in [0.717, 1.165) is 24.2 Å². The van der Waals surface area contributed by atoms with Gasteiger partial charge in [0.15, 0.2) is 5.96 Å². The zero-order valence-electron chi connectivity index (χ0n) is 11.7. The van der Waals surface area contributed by atoms with Gasteiger partial charge in [-0.15, -0.1) is 24.0 Å². The van der Waals surface area contributed by atoms with Crippen molar-refractivity contribution in [1.82, 2.24) is 5.32 Å². The first-order chi connectivity index (χ1) is 9.31. The normalized spacial score (nSPS) is 18.1. The number of ether oxygens (including phenoxy) is 1. The van der Waals surface area contributed by atoms with Crippen molar-refractivity contribution in [2.45, 2.75) is 25.8 Å². The molecule has 0 aromatic heterocycles. The largest absolute Gasteiger partial charge is 0.493 e. The number of para-hydroxylation sites is 1. The number of halogens is 1. The Morgan fingerprint density at radius 2 is 2.30 bits per heavy atom. The van der Waals surface area contributed by atoms with E-state index >= 15 is 0 Å². The standard InChI is InChI=1S/C15H21N3O.HI/c1-2-3-6-10-17-15(16)18-13-9-11-19-14-8-5-4-7-12(13)14;/h2-5,7-8,13H,6,9-11H2,1H3,(H3,16,17,18);1H. The van der Waals surface area contributed by atoms with E-state index in [2.05, 4.69) is 22.5 Å². The third-order valence-corrected chi connectivity index (χ3v) is 3.09. The van der Waals surface area contributed by atoms with E-state index in [4.69, 9.17) is 10.5 Å². The second-order valence-electron chi connectivity index (χ2n) is 4.50. The lowest BCUT2D eigenvalue weighted by atomic mass is 10.0. The smallest absolute Gasteiger partial charge is 0.189 e. The van der Waals surface area contributed by atoms with Crippen LogP contribution in [0.3, 0.4) is 0 Å². The first-order valence-electron chi connectivity index (χ1n) is 6.70.